The van der Waals surface area contributed by atoms with E-state index < -0.39 is 11.9 Å². The minimum atomic E-state index is -0.896. The molecule has 40 heavy (non-hydrogen) atoms. The number of ether oxygens (including phenoxy) is 1. The first-order chi connectivity index (χ1) is 19.4. The first kappa shape index (κ1) is 26.5. The minimum absolute atomic E-state index is 0.0245. The summed E-state index contributed by atoms with van der Waals surface area (Å²) in [5, 5.41) is 11.7. The summed E-state index contributed by atoms with van der Waals surface area (Å²) in [6, 6.07) is 20.1. The first-order valence-corrected chi connectivity index (χ1v) is 14.6. The summed E-state index contributed by atoms with van der Waals surface area (Å²) in [4.78, 5) is 40.7. The van der Waals surface area contributed by atoms with Gasteiger partial charge in [0.1, 0.15) is 12.4 Å². The number of allylic oxidation sites excluding steroid dienone is 4. The van der Waals surface area contributed by atoms with Crippen LogP contribution in [0.15, 0.2) is 87.7 Å². The maximum absolute atomic E-state index is 13.6. The van der Waals surface area contributed by atoms with E-state index in [1.807, 2.05) is 41.3 Å². The fourth-order valence-corrected chi connectivity index (χ4v) is 6.83. The largest absolute Gasteiger partial charge is 0.489 e. The van der Waals surface area contributed by atoms with Crippen LogP contribution >= 0.6 is 15.9 Å². The Kier molecular flexibility index (Phi) is 7.32. The highest BCUT2D eigenvalue weighted by atomic mass is 79.9. The van der Waals surface area contributed by atoms with E-state index in [9.17, 15) is 19.5 Å². The molecule has 3 aromatic rings. The molecule has 204 valence electrons. The van der Waals surface area contributed by atoms with E-state index >= 15 is 0 Å². The lowest BCUT2D eigenvalue weighted by Gasteiger charge is -2.44. The second-order valence-electron chi connectivity index (χ2n) is 10.6. The van der Waals surface area contributed by atoms with E-state index in [0.29, 0.717) is 62.0 Å². The number of aliphatic carboxylic acids is 1. The molecule has 6 nitrogen and oxygen atoms in total. The molecule has 1 N–H and O–H groups in total. The van der Waals surface area contributed by atoms with E-state index in [2.05, 4.69) is 40.2 Å². The van der Waals surface area contributed by atoms with Gasteiger partial charge in [0, 0.05) is 57.9 Å². The van der Waals surface area contributed by atoms with E-state index in [1.165, 1.54) is 0 Å². The number of carbonyl (C=O) groups is 3. The van der Waals surface area contributed by atoms with Crippen LogP contribution in [-0.4, -0.2) is 34.1 Å². The Hall–Kier alpha value is -3.71. The summed E-state index contributed by atoms with van der Waals surface area (Å²) in [7, 11) is 0. The molecule has 3 aromatic carbocycles. The molecule has 0 radical (unpaired) electrons. The average molecular weight is 601 g/mol. The molecule has 1 aliphatic heterocycles. The standard InChI is InChI=1S/C33H30BrNO5/c34-22-14-15-29(40-19-21-8-3-7-20-6-1-2-9-23(20)21)24(18-22)31-32-25(10-4-12-27(32)36)35(17-16-30(38)39)26-11-5-13-28(37)33(26)31/h1-3,6-9,14-15,18,31H,4-5,10-13,16-17,19H2,(H,38,39). The molecule has 0 amide bonds. The Bertz CT molecular complexity index is 1550. The Morgan fingerprint density at radius 2 is 1.57 bits per heavy atom. The fourth-order valence-electron chi connectivity index (χ4n) is 6.46. The van der Waals surface area contributed by atoms with Gasteiger partial charge in [0.05, 0.1) is 6.42 Å². The number of carbonyl (C=O) groups excluding carboxylic acids is 2. The summed E-state index contributed by atoms with van der Waals surface area (Å²) in [6.45, 7) is 0.594. The second kappa shape index (κ2) is 11.0. The van der Waals surface area contributed by atoms with Gasteiger partial charge in [-0.25, -0.2) is 0 Å². The van der Waals surface area contributed by atoms with Gasteiger partial charge < -0.3 is 14.7 Å². The highest BCUT2D eigenvalue weighted by Crippen LogP contribution is 2.51. The predicted octanol–water partition coefficient (Wildman–Crippen LogP) is 7.07. The zero-order valence-electron chi connectivity index (χ0n) is 22.1. The zero-order valence-corrected chi connectivity index (χ0v) is 23.7. The van der Waals surface area contributed by atoms with Crippen LogP contribution in [0, 0.1) is 0 Å². The Morgan fingerprint density at radius 1 is 0.900 bits per heavy atom. The molecule has 0 bridgehead atoms. The third-order valence-electron chi connectivity index (χ3n) is 8.18. The van der Waals surface area contributed by atoms with Crippen LogP contribution in [0.5, 0.6) is 5.75 Å². The van der Waals surface area contributed by atoms with Gasteiger partial charge in [-0.05, 0) is 60.2 Å². The Balaban J connectivity index is 1.47. The van der Waals surface area contributed by atoms with Crippen molar-refractivity contribution in [2.24, 2.45) is 0 Å². The molecule has 1 heterocycles. The number of benzene rings is 3. The smallest absolute Gasteiger partial charge is 0.305 e. The van der Waals surface area contributed by atoms with Crippen molar-refractivity contribution >= 4 is 44.2 Å². The van der Waals surface area contributed by atoms with Crippen molar-refractivity contribution in [1.29, 1.82) is 0 Å². The molecule has 0 atom stereocenters. The van der Waals surface area contributed by atoms with Crippen molar-refractivity contribution in [2.45, 2.75) is 57.5 Å². The SMILES string of the molecule is O=C(O)CCN1C2=C(C(=O)CCC2)C(c2cc(Br)ccc2OCc2cccc3ccccc23)C2=C1CCCC2=O. The highest BCUT2D eigenvalue weighted by molar-refractivity contribution is 9.10. The van der Waals surface area contributed by atoms with Crippen molar-refractivity contribution in [3.8, 4) is 5.75 Å². The van der Waals surface area contributed by atoms with Crippen LogP contribution in [0.2, 0.25) is 0 Å². The topological polar surface area (TPSA) is 83.9 Å². The van der Waals surface area contributed by atoms with Crippen molar-refractivity contribution in [3.05, 3.63) is 98.8 Å². The summed E-state index contributed by atoms with van der Waals surface area (Å²) in [5.74, 6) is -0.748. The summed E-state index contributed by atoms with van der Waals surface area (Å²) in [5.41, 5.74) is 4.83. The number of hydrogen-bond donors (Lipinski definition) is 1. The van der Waals surface area contributed by atoms with Gasteiger partial charge in [-0.3, -0.25) is 14.4 Å². The van der Waals surface area contributed by atoms with Gasteiger partial charge >= 0.3 is 5.97 Å². The fraction of sp³-hybridized carbons (Fsp3) is 0.303. The molecular formula is C33H30BrNO5. The molecule has 6 rings (SSSR count). The molecule has 0 fully saturated rings. The summed E-state index contributed by atoms with van der Waals surface area (Å²) in [6.07, 6.45) is 3.57. The number of rotatable bonds is 7. The summed E-state index contributed by atoms with van der Waals surface area (Å²) < 4.78 is 7.33. The number of hydrogen-bond acceptors (Lipinski definition) is 5. The van der Waals surface area contributed by atoms with Crippen molar-refractivity contribution in [2.75, 3.05) is 6.54 Å². The Morgan fingerprint density at radius 3 is 2.27 bits per heavy atom. The lowest BCUT2D eigenvalue weighted by Crippen LogP contribution is -2.40. The lowest BCUT2D eigenvalue weighted by molar-refractivity contribution is -0.137. The third kappa shape index (κ3) is 4.87. The second-order valence-corrected chi connectivity index (χ2v) is 11.5. The molecule has 0 saturated heterocycles. The van der Waals surface area contributed by atoms with Crippen molar-refractivity contribution in [1.82, 2.24) is 4.90 Å². The van der Waals surface area contributed by atoms with Crippen LogP contribution < -0.4 is 4.74 Å². The van der Waals surface area contributed by atoms with Crippen LogP contribution in [0.25, 0.3) is 10.8 Å². The number of halogens is 1. The number of fused-ring (bicyclic) bond motifs is 1. The van der Waals surface area contributed by atoms with E-state index in [4.69, 9.17) is 4.74 Å². The molecule has 3 aliphatic rings. The molecule has 0 saturated carbocycles. The van der Waals surface area contributed by atoms with Crippen molar-refractivity contribution in [3.63, 3.8) is 0 Å². The number of carboxylic acids is 1. The minimum Gasteiger partial charge on any atom is -0.489 e. The maximum Gasteiger partial charge on any atom is 0.305 e. The van der Waals surface area contributed by atoms with Crippen molar-refractivity contribution < 1.29 is 24.2 Å². The monoisotopic (exact) mass is 599 g/mol. The summed E-state index contributed by atoms with van der Waals surface area (Å²) >= 11 is 3.62. The molecule has 2 aliphatic carbocycles. The number of Topliss-reactive ketones (excluding diaryl/α,β-unsaturated/α-hetero) is 2. The Labute approximate surface area is 241 Å². The number of ketones is 2. The molecular weight excluding hydrogens is 570 g/mol. The van der Waals surface area contributed by atoms with Gasteiger partial charge in [-0.15, -0.1) is 0 Å². The lowest BCUT2D eigenvalue weighted by atomic mass is 9.70. The van der Waals surface area contributed by atoms with E-state index in [1.54, 1.807) is 0 Å². The number of carboxylic acid groups (broad SMARTS) is 1. The maximum atomic E-state index is 13.6. The van der Waals surface area contributed by atoms with Gasteiger partial charge in [-0.2, -0.15) is 0 Å². The van der Waals surface area contributed by atoms with Crippen LogP contribution in [0.3, 0.4) is 0 Å². The first-order valence-electron chi connectivity index (χ1n) is 13.8. The quantitative estimate of drug-likeness (QED) is 0.313. The molecule has 0 aromatic heterocycles. The average Bonchev–Trinajstić information content (AvgIpc) is 2.95. The van der Waals surface area contributed by atoms with Gasteiger partial charge in [-0.1, -0.05) is 58.4 Å². The zero-order chi connectivity index (χ0) is 27.8. The van der Waals surface area contributed by atoms with E-state index in [0.717, 1.165) is 37.8 Å². The predicted molar refractivity (Wildman–Crippen MR) is 156 cm³/mol. The van der Waals surface area contributed by atoms with E-state index in [-0.39, 0.29) is 24.5 Å². The number of nitrogens with zero attached hydrogens (tertiary/aromatic N) is 1. The van der Waals surface area contributed by atoms with Gasteiger partial charge in [0.2, 0.25) is 0 Å². The molecule has 0 unspecified atom stereocenters. The van der Waals surface area contributed by atoms with Gasteiger partial charge in [0.25, 0.3) is 0 Å². The van der Waals surface area contributed by atoms with Gasteiger partial charge in [0.15, 0.2) is 11.6 Å². The third-order valence-corrected chi connectivity index (χ3v) is 8.67. The highest BCUT2D eigenvalue weighted by Gasteiger charge is 2.44. The van der Waals surface area contributed by atoms with Crippen LogP contribution in [0.1, 0.15) is 62.0 Å². The molecule has 7 heteroatoms. The van der Waals surface area contributed by atoms with Crippen LogP contribution in [-0.2, 0) is 21.0 Å². The van der Waals surface area contributed by atoms with Crippen LogP contribution in [0.4, 0.5) is 0 Å². The normalized spacial score (nSPS) is 17.8. The molecule has 0 spiro atoms.